The number of pyridine rings is 1. The van der Waals surface area contributed by atoms with Gasteiger partial charge in [0.15, 0.2) is 0 Å². The van der Waals surface area contributed by atoms with E-state index >= 15 is 0 Å². The summed E-state index contributed by atoms with van der Waals surface area (Å²) in [6, 6.07) is 10.3. The van der Waals surface area contributed by atoms with Crippen molar-refractivity contribution in [1.82, 2.24) is 14.5 Å². The number of nitrogens with one attached hydrogen (secondary N) is 1. The number of amides is 1. The van der Waals surface area contributed by atoms with Crippen molar-refractivity contribution in [2.45, 2.75) is 37.3 Å². The third-order valence-electron chi connectivity index (χ3n) is 5.47. The molecule has 1 N–H and O–H groups in total. The van der Waals surface area contributed by atoms with Crippen LogP contribution in [0.1, 0.15) is 40.0 Å². The molecule has 1 aromatic carbocycles. The molecular weight excluding hydrogens is 440 g/mol. The second-order valence-corrected chi connectivity index (χ2v) is 8.64. The zero-order chi connectivity index (χ0) is 23.2. The minimum Gasteiger partial charge on any atom is -0.465 e. The van der Waals surface area contributed by atoms with Gasteiger partial charge in [-0.2, -0.15) is 4.98 Å². The van der Waals surface area contributed by atoms with Crippen LogP contribution in [0.5, 0.6) is 0 Å². The number of carbonyl (C=O) groups excluding carboxylic acids is 2. The first-order valence-corrected chi connectivity index (χ1v) is 11.7. The minimum atomic E-state index is -0.432. The number of anilines is 1. The lowest BCUT2D eigenvalue weighted by atomic mass is 9.97. The van der Waals surface area contributed by atoms with Crippen molar-refractivity contribution in [3.05, 3.63) is 81.7 Å². The molecule has 0 bridgehead atoms. The predicted octanol–water partition coefficient (Wildman–Crippen LogP) is 3.08. The van der Waals surface area contributed by atoms with Crippen LogP contribution in [0.15, 0.2) is 58.6 Å². The van der Waals surface area contributed by atoms with Crippen molar-refractivity contribution in [2.24, 2.45) is 0 Å². The van der Waals surface area contributed by atoms with Gasteiger partial charge in [-0.3, -0.25) is 14.3 Å². The van der Waals surface area contributed by atoms with Crippen molar-refractivity contribution < 1.29 is 14.3 Å². The normalized spacial score (nSPS) is 12.6. The van der Waals surface area contributed by atoms with Gasteiger partial charge in [0, 0.05) is 29.3 Å². The highest BCUT2D eigenvalue weighted by Crippen LogP contribution is 2.29. The lowest BCUT2D eigenvalue weighted by molar-refractivity contribution is -0.113. The van der Waals surface area contributed by atoms with Gasteiger partial charge in [0.25, 0.3) is 0 Å². The van der Waals surface area contributed by atoms with Gasteiger partial charge in [-0.25, -0.2) is 9.59 Å². The average Bonchev–Trinajstić information content (AvgIpc) is 2.85. The Hall–Kier alpha value is -3.46. The predicted molar refractivity (Wildman–Crippen MR) is 126 cm³/mol. The molecule has 0 saturated heterocycles. The highest BCUT2D eigenvalue weighted by atomic mass is 32.2. The number of hydrogen-bond donors (Lipinski definition) is 1. The third kappa shape index (κ3) is 5.48. The highest BCUT2D eigenvalue weighted by molar-refractivity contribution is 8.00. The zero-order valence-electron chi connectivity index (χ0n) is 18.2. The number of methoxy groups -OCH3 is 1. The summed E-state index contributed by atoms with van der Waals surface area (Å²) in [7, 11) is 1.32. The Morgan fingerprint density at radius 3 is 2.55 bits per heavy atom. The number of hydrogen-bond acceptors (Lipinski definition) is 7. The SMILES string of the molecule is COC(=O)c1ccc(NC(=O)CSc2nc(=O)n(Cc3ccncc3)c3c2CCCC3)cc1. The topological polar surface area (TPSA) is 103 Å². The molecule has 2 aromatic heterocycles. The van der Waals surface area contributed by atoms with Gasteiger partial charge in [-0.1, -0.05) is 11.8 Å². The van der Waals surface area contributed by atoms with Gasteiger partial charge in [-0.15, -0.1) is 0 Å². The van der Waals surface area contributed by atoms with E-state index in [4.69, 9.17) is 0 Å². The Labute approximate surface area is 195 Å². The first-order chi connectivity index (χ1) is 16.0. The van der Waals surface area contributed by atoms with Gasteiger partial charge in [0.05, 0.1) is 25.0 Å². The summed E-state index contributed by atoms with van der Waals surface area (Å²) in [6.45, 7) is 0.462. The molecular formula is C24H24N4O4S. The molecule has 2 heterocycles. The average molecular weight is 465 g/mol. The van der Waals surface area contributed by atoms with Crippen LogP contribution < -0.4 is 11.0 Å². The van der Waals surface area contributed by atoms with Crippen molar-refractivity contribution in [3.8, 4) is 0 Å². The first kappa shape index (κ1) is 22.7. The van der Waals surface area contributed by atoms with E-state index in [1.807, 2.05) is 12.1 Å². The Kier molecular flexibility index (Phi) is 7.19. The van der Waals surface area contributed by atoms with Gasteiger partial charge < -0.3 is 10.1 Å². The molecule has 4 rings (SSSR count). The fraction of sp³-hybridized carbons (Fsp3) is 0.292. The van der Waals surface area contributed by atoms with Crippen LogP contribution in [0.3, 0.4) is 0 Å². The molecule has 1 aliphatic carbocycles. The summed E-state index contributed by atoms with van der Waals surface area (Å²) in [5.74, 6) is -0.512. The Morgan fingerprint density at radius 1 is 1.09 bits per heavy atom. The molecule has 3 aromatic rings. The van der Waals surface area contributed by atoms with Crippen molar-refractivity contribution in [2.75, 3.05) is 18.2 Å². The van der Waals surface area contributed by atoms with Crippen molar-refractivity contribution >= 4 is 29.3 Å². The molecule has 0 spiro atoms. The Bertz CT molecular complexity index is 1210. The number of thioether (sulfide) groups is 1. The lowest BCUT2D eigenvalue weighted by Gasteiger charge is -2.22. The van der Waals surface area contributed by atoms with E-state index in [1.165, 1.54) is 18.9 Å². The maximum atomic E-state index is 12.8. The third-order valence-corrected chi connectivity index (χ3v) is 6.49. The molecule has 0 fully saturated rings. The molecule has 0 atom stereocenters. The molecule has 170 valence electrons. The van der Waals surface area contributed by atoms with Crippen molar-refractivity contribution in [3.63, 3.8) is 0 Å². The Morgan fingerprint density at radius 2 is 1.82 bits per heavy atom. The summed E-state index contributed by atoms with van der Waals surface area (Å²) < 4.78 is 6.42. The monoisotopic (exact) mass is 464 g/mol. The summed E-state index contributed by atoms with van der Waals surface area (Å²) in [4.78, 5) is 45.2. The fourth-order valence-electron chi connectivity index (χ4n) is 3.84. The van der Waals surface area contributed by atoms with E-state index < -0.39 is 5.97 Å². The molecule has 0 radical (unpaired) electrons. The van der Waals surface area contributed by atoms with Crippen LogP contribution in [-0.2, 0) is 28.9 Å². The van der Waals surface area contributed by atoms with E-state index in [9.17, 15) is 14.4 Å². The van der Waals surface area contributed by atoms with Gasteiger partial charge >= 0.3 is 11.7 Å². The molecule has 0 saturated carbocycles. The summed E-state index contributed by atoms with van der Waals surface area (Å²) in [6.07, 6.45) is 7.16. The second-order valence-electron chi connectivity index (χ2n) is 7.68. The van der Waals surface area contributed by atoms with Crippen LogP contribution >= 0.6 is 11.8 Å². The molecule has 8 nitrogen and oxygen atoms in total. The van der Waals surface area contributed by atoms with E-state index in [2.05, 4.69) is 20.0 Å². The van der Waals surface area contributed by atoms with Crippen LogP contribution in [0.25, 0.3) is 0 Å². The van der Waals surface area contributed by atoms with Crippen LogP contribution in [0, 0.1) is 0 Å². The number of nitrogens with zero attached hydrogens (tertiary/aromatic N) is 3. The fourth-order valence-corrected chi connectivity index (χ4v) is 4.72. The highest BCUT2D eigenvalue weighted by Gasteiger charge is 2.21. The maximum absolute atomic E-state index is 12.8. The van der Waals surface area contributed by atoms with E-state index in [-0.39, 0.29) is 17.3 Å². The van der Waals surface area contributed by atoms with Crippen molar-refractivity contribution in [1.29, 1.82) is 0 Å². The number of fused-ring (bicyclic) bond motifs is 1. The molecule has 33 heavy (non-hydrogen) atoms. The zero-order valence-corrected chi connectivity index (χ0v) is 19.1. The molecule has 9 heteroatoms. The number of ether oxygens (including phenoxy) is 1. The minimum absolute atomic E-state index is 0.131. The molecule has 0 unspecified atom stereocenters. The first-order valence-electron chi connectivity index (χ1n) is 10.7. The van der Waals surface area contributed by atoms with Gasteiger partial charge in [0.1, 0.15) is 5.03 Å². The van der Waals surface area contributed by atoms with Crippen LogP contribution in [0.2, 0.25) is 0 Å². The number of esters is 1. The van der Waals surface area contributed by atoms with E-state index in [1.54, 1.807) is 41.2 Å². The number of rotatable bonds is 7. The summed E-state index contributed by atoms with van der Waals surface area (Å²) in [5, 5.41) is 3.44. The Balaban J connectivity index is 1.47. The smallest absolute Gasteiger partial charge is 0.349 e. The summed E-state index contributed by atoms with van der Waals surface area (Å²) in [5.41, 5.74) is 3.77. The second kappa shape index (κ2) is 10.4. The largest absolute Gasteiger partial charge is 0.465 e. The van der Waals surface area contributed by atoms with E-state index in [0.717, 1.165) is 42.5 Å². The maximum Gasteiger partial charge on any atom is 0.349 e. The molecule has 0 aliphatic heterocycles. The van der Waals surface area contributed by atoms with Gasteiger partial charge in [-0.05, 0) is 67.6 Å². The molecule has 1 aliphatic rings. The molecule has 1 amide bonds. The van der Waals surface area contributed by atoms with Crippen LogP contribution in [0.4, 0.5) is 5.69 Å². The quantitative estimate of drug-likeness (QED) is 0.326. The standard InChI is InChI=1S/C24H24N4O4S/c1-32-23(30)17-6-8-18(9-7-17)26-21(29)15-33-22-19-4-2-3-5-20(19)28(24(31)27-22)14-16-10-12-25-13-11-16/h6-13H,2-5,14-15H2,1H3,(H,26,29). The van der Waals surface area contributed by atoms with Gasteiger partial charge in [0.2, 0.25) is 5.91 Å². The number of benzene rings is 1. The summed E-state index contributed by atoms with van der Waals surface area (Å²) >= 11 is 1.28. The van der Waals surface area contributed by atoms with E-state index in [0.29, 0.717) is 22.8 Å². The number of aromatic nitrogens is 3. The lowest BCUT2D eigenvalue weighted by Crippen LogP contribution is -2.30. The number of carbonyl (C=O) groups is 2. The van der Waals surface area contributed by atoms with Crippen LogP contribution in [-0.4, -0.2) is 39.3 Å².